The van der Waals surface area contributed by atoms with Crippen LogP contribution in [0, 0.1) is 5.92 Å². The monoisotopic (exact) mass is 222 g/mol. The standard InChI is InChI=1S/C12H18N2O2/c1-2-13-11-4-3-5-12(14-11)16-9-10-6-7-15-8-10/h3-5,10H,2,6-9H2,1H3,(H,13,14). The number of aromatic nitrogens is 1. The molecular weight excluding hydrogens is 204 g/mol. The minimum absolute atomic E-state index is 0.518. The van der Waals surface area contributed by atoms with Crippen molar-refractivity contribution in [2.75, 3.05) is 31.7 Å². The van der Waals surface area contributed by atoms with Gasteiger partial charge in [0, 0.05) is 25.1 Å². The highest BCUT2D eigenvalue weighted by Crippen LogP contribution is 2.16. The van der Waals surface area contributed by atoms with Crippen molar-refractivity contribution < 1.29 is 9.47 Å². The van der Waals surface area contributed by atoms with E-state index in [0.29, 0.717) is 18.4 Å². The summed E-state index contributed by atoms with van der Waals surface area (Å²) in [6.07, 6.45) is 1.09. The Balaban J connectivity index is 1.85. The molecule has 0 radical (unpaired) electrons. The molecule has 0 bridgehead atoms. The van der Waals surface area contributed by atoms with Gasteiger partial charge in [-0.1, -0.05) is 6.07 Å². The highest BCUT2D eigenvalue weighted by molar-refractivity contribution is 5.36. The smallest absolute Gasteiger partial charge is 0.215 e. The van der Waals surface area contributed by atoms with E-state index in [1.807, 2.05) is 25.1 Å². The summed E-state index contributed by atoms with van der Waals surface area (Å²) in [6, 6.07) is 5.77. The molecule has 0 spiro atoms. The first-order valence-electron chi connectivity index (χ1n) is 5.80. The fourth-order valence-corrected chi connectivity index (χ4v) is 1.69. The van der Waals surface area contributed by atoms with E-state index in [1.54, 1.807) is 0 Å². The molecule has 1 N–H and O–H groups in total. The normalized spacial score (nSPS) is 19.7. The third-order valence-electron chi connectivity index (χ3n) is 2.57. The van der Waals surface area contributed by atoms with Crippen LogP contribution < -0.4 is 10.1 Å². The number of ether oxygens (including phenoxy) is 2. The first kappa shape index (κ1) is 11.2. The van der Waals surface area contributed by atoms with E-state index in [0.717, 1.165) is 32.0 Å². The van der Waals surface area contributed by atoms with Crippen molar-refractivity contribution in [3.05, 3.63) is 18.2 Å². The van der Waals surface area contributed by atoms with Gasteiger partial charge < -0.3 is 14.8 Å². The summed E-state index contributed by atoms with van der Waals surface area (Å²) in [4.78, 5) is 4.35. The lowest BCUT2D eigenvalue weighted by Crippen LogP contribution is -2.12. The van der Waals surface area contributed by atoms with Gasteiger partial charge in [-0.15, -0.1) is 0 Å². The van der Waals surface area contributed by atoms with Crippen LogP contribution in [0.1, 0.15) is 13.3 Å². The Morgan fingerprint density at radius 3 is 3.25 bits per heavy atom. The Kier molecular flexibility index (Phi) is 3.99. The van der Waals surface area contributed by atoms with Crippen LogP contribution in [-0.4, -0.2) is 31.3 Å². The second kappa shape index (κ2) is 5.70. The predicted molar refractivity (Wildman–Crippen MR) is 62.8 cm³/mol. The fourth-order valence-electron chi connectivity index (χ4n) is 1.69. The molecule has 16 heavy (non-hydrogen) atoms. The Hall–Kier alpha value is -1.29. The van der Waals surface area contributed by atoms with Crippen LogP contribution in [-0.2, 0) is 4.74 Å². The van der Waals surface area contributed by atoms with Crippen LogP contribution in [0.2, 0.25) is 0 Å². The molecule has 1 aliphatic heterocycles. The van der Waals surface area contributed by atoms with Gasteiger partial charge in [-0.3, -0.25) is 0 Å². The minimum Gasteiger partial charge on any atom is -0.477 e. The molecule has 1 aliphatic rings. The third-order valence-corrected chi connectivity index (χ3v) is 2.57. The summed E-state index contributed by atoms with van der Waals surface area (Å²) >= 11 is 0. The minimum atomic E-state index is 0.518. The average molecular weight is 222 g/mol. The summed E-state index contributed by atoms with van der Waals surface area (Å²) in [5.74, 6) is 2.07. The molecule has 4 nitrogen and oxygen atoms in total. The van der Waals surface area contributed by atoms with Crippen LogP contribution in [0.3, 0.4) is 0 Å². The molecule has 88 valence electrons. The van der Waals surface area contributed by atoms with E-state index in [1.165, 1.54) is 0 Å². The molecule has 0 aromatic carbocycles. The summed E-state index contributed by atoms with van der Waals surface area (Å²) in [6.45, 7) is 5.28. The Bertz CT molecular complexity index is 325. The van der Waals surface area contributed by atoms with Crippen molar-refractivity contribution in [1.82, 2.24) is 4.98 Å². The summed E-state index contributed by atoms with van der Waals surface area (Å²) in [5.41, 5.74) is 0. The van der Waals surface area contributed by atoms with Gasteiger partial charge in [0.05, 0.1) is 13.2 Å². The number of anilines is 1. The lowest BCUT2D eigenvalue weighted by atomic mass is 10.1. The van der Waals surface area contributed by atoms with Crippen LogP contribution in [0.25, 0.3) is 0 Å². The van der Waals surface area contributed by atoms with Crippen molar-refractivity contribution in [3.63, 3.8) is 0 Å². The SMILES string of the molecule is CCNc1cccc(OCC2CCOC2)n1. The lowest BCUT2D eigenvalue weighted by molar-refractivity contribution is 0.165. The van der Waals surface area contributed by atoms with Crippen LogP contribution >= 0.6 is 0 Å². The average Bonchev–Trinajstić information content (AvgIpc) is 2.80. The molecule has 1 fully saturated rings. The maximum absolute atomic E-state index is 5.65. The molecule has 1 aromatic rings. The zero-order chi connectivity index (χ0) is 11.2. The first-order chi connectivity index (χ1) is 7.88. The number of pyridine rings is 1. The summed E-state index contributed by atoms with van der Waals surface area (Å²) in [5, 5.41) is 3.16. The van der Waals surface area contributed by atoms with Gasteiger partial charge in [0.25, 0.3) is 0 Å². The Morgan fingerprint density at radius 1 is 1.56 bits per heavy atom. The largest absolute Gasteiger partial charge is 0.477 e. The highest BCUT2D eigenvalue weighted by Gasteiger charge is 2.16. The van der Waals surface area contributed by atoms with Crippen LogP contribution in [0.5, 0.6) is 5.88 Å². The molecule has 1 aromatic heterocycles. The number of nitrogens with one attached hydrogen (secondary N) is 1. The maximum atomic E-state index is 5.65. The van der Waals surface area contributed by atoms with E-state index in [9.17, 15) is 0 Å². The third kappa shape index (κ3) is 3.10. The molecule has 2 rings (SSSR count). The van der Waals surface area contributed by atoms with E-state index in [-0.39, 0.29) is 0 Å². The Labute approximate surface area is 96.0 Å². The van der Waals surface area contributed by atoms with Gasteiger partial charge in [-0.2, -0.15) is 4.98 Å². The van der Waals surface area contributed by atoms with Gasteiger partial charge in [-0.25, -0.2) is 0 Å². The first-order valence-corrected chi connectivity index (χ1v) is 5.80. The molecule has 0 saturated carbocycles. The molecule has 0 aliphatic carbocycles. The zero-order valence-corrected chi connectivity index (χ0v) is 9.61. The quantitative estimate of drug-likeness (QED) is 0.826. The molecule has 4 heteroatoms. The van der Waals surface area contributed by atoms with Crippen molar-refractivity contribution in [2.45, 2.75) is 13.3 Å². The van der Waals surface area contributed by atoms with E-state index < -0.39 is 0 Å². The fraction of sp³-hybridized carbons (Fsp3) is 0.583. The second-order valence-electron chi connectivity index (χ2n) is 3.93. The van der Waals surface area contributed by atoms with Crippen LogP contribution in [0.4, 0.5) is 5.82 Å². The highest BCUT2D eigenvalue weighted by atomic mass is 16.5. The van der Waals surface area contributed by atoms with Gasteiger partial charge in [0.2, 0.25) is 5.88 Å². The van der Waals surface area contributed by atoms with E-state index in [2.05, 4.69) is 10.3 Å². The number of nitrogens with zero attached hydrogens (tertiary/aromatic N) is 1. The Morgan fingerprint density at radius 2 is 2.50 bits per heavy atom. The number of hydrogen-bond acceptors (Lipinski definition) is 4. The predicted octanol–water partition coefficient (Wildman–Crippen LogP) is 1.93. The molecule has 1 atom stereocenters. The van der Waals surface area contributed by atoms with Gasteiger partial charge in [0.15, 0.2) is 0 Å². The maximum Gasteiger partial charge on any atom is 0.215 e. The molecule has 2 heterocycles. The summed E-state index contributed by atoms with van der Waals surface area (Å²) in [7, 11) is 0. The number of hydrogen-bond donors (Lipinski definition) is 1. The van der Waals surface area contributed by atoms with Gasteiger partial charge >= 0.3 is 0 Å². The molecular formula is C12H18N2O2. The lowest BCUT2D eigenvalue weighted by Gasteiger charge is -2.10. The van der Waals surface area contributed by atoms with Crippen LogP contribution in [0.15, 0.2) is 18.2 Å². The second-order valence-corrected chi connectivity index (χ2v) is 3.93. The molecule has 1 unspecified atom stereocenters. The number of rotatable bonds is 5. The van der Waals surface area contributed by atoms with Crippen molar-refractivity contribution >= 4 is 5.82 Å². The van der Waals surface area contributed by atoms with Crippen molar-refractivity contribution in [1.29, 1.82) is 0 Å². The van der Waals surface area contributed by atoms with Crippen molar-refractivity contribution in [2.24, 2.45) is 5.92 Å². The molecule has 1 saturated heterocycles. The topological polar surface area (TPSA) is 43.4 Å². The van der Waals surface area contributed by atoms with E-state index >= 15 is 0 Å². The van der Waals surface area contributed by atoms with E-state index in [4.69, 9.17) is 9.47 Å². The zero-order valence-electron chi connectivity index (χ0n) is 9.61. The van der Waals surface area contributed by atoms with Crippen molar-refractivity contribution in [3.8, 4) is 5.88 Å². The van der Waals surface area contributed by atoms with Gasteiger partial charge in [0.1, 0.15) is 5.82 Å². The summed E-state index contributed by atoms with van der Waals surface area (Å²) < 4.78 is 10.9. The molecule has 0 amide bonds. The van der Waals surface area contributed by atoms with Gasteiger partial charge in [-0.05, 0) is 19.4 Å².